The van der Waals surface area contributed by atoms with Crippen molar-refractivity contribution in [3.63, 3.8) is 0 Å². The van der Waals surface area contributed by atoms with Crippen molar-refractivity contribution in [1.29, 1.82) is 0 Å². The van der Waals surface area contributed by atoms with Gasteiger partial charge in [-0.2, -0.15) is 0 Å². The molecule has 46 heavy (non-hydrogen) atoms. The van der Waals surface area contributed by atoms with E-state index in [4.69, 9.17) is 18.9 Å². The van der Waals surface area contributed by atoms with Crippen LogP contribution in [0.1, 0.15) is 40.2 Å². The third-order valence-corrected chi connectivity index (χ3v) is 8.72. The van der Waals surface area contributed by atoms with Crippen LogP contribution >= 0.6 is 7.60 Å². The summed E-state index contributed by atoms with van der Waals surface area (Å²) in [4.78, 5) is 24.8. The Morgan fingerprint density at radius 2 is 1.04 bits per heavy atom. The number of fused-ring (bicyclic) bond motifs is 1. The number of aromatic nitrogens is 2. The molecule has 5 aromatic rings. The van der Waals surface area contributed by atoms with Gasteiger partial charge >= 0.3 is 7.60 Å². The van der Waals surface area contributed by atoms with Gasteiger partial charge in [0.05, 0.1) is 39.1 Å². The third kappa shape index (κ3) is 8.07. The van der Waals surface area contributed by atoms with Crippen LogP contribution in [-0.2, 0) is 49.9 Å². The molecule has 6 rings (SSSR count). The highest BCUT2D eigenvalue weighted by atomic mass is 31.2. The Hall–Kier alpha value is -3.92. The number of nitrogens with zero attached hydrogens (tertiary/aromatic N) is 2. The average Bonchev–Trinajstić information content (AvgIpc) is 3.54. The minimum Gasteiger partial charge on any atom is -0.375 e. The number of hydrogen-bond acceptors (Lipinski definition) is 6. The Balaban J connectivity index is 1.39. The maximum atomic E-state index is 12.5. The van der Waals surface area contributed by atoms with E-state index in [1.807, 2.05) is 121 Å². The second-order valence-corrected chi connectivity index (χ2v) is 12.8. The molecule has 0 saturated heterocycles. The summed E-state index contributed by atoms with van der Waals surface area (Å²) >= 11 is 0. The Kier molecular flexibility index (Phi) is 10.5. The van der Waals surface area contributed by atoms with Crippen molar-refractivity contribution in [2.24, 2.45) is 0 Å². The van der Waals surface area contributed by atoms with Crippen LogP contribution in [0.5, 0.6) is 0 Å². The molecule has 1 aromatic heterocycles. The fourth-order valence-electron chi connectivity index (χ4n) is 5.61. The van der Waals surface area contributed by atoms with Crippen molar-refractivity contribution in [1.82, 2.24) is 9.55 Å². The van der Waals surface area contributed by atoms with Gasteiger partial charge in [0, 0.05) is 6.20 Å². The molecule has 0 amide bonds. The number of imidazole rings is 1. The fraction of sp³-hybridized carbons (Fsp3) is 0.250. The van der Waals surface area contributed by atoms with E-state index in [1.165, 1.54) is 6.20 Å². The second kappa shape index (κ2) is 15.1. The van der Waals surface area contributed by atoms with Crippen molar-refractivity contribution in [2.45, 2.75) is 50.8 Å². The highest BCUT2D eigenvalue weighted by Crippen LogP contribution is 2.42. The highest BCUT2D eigenvalue weighted by Gasteiger charge is 2.47. The summed E-state index contributed by atoms with van der Waals surface area (Å²) in [6.45, 7) is 1.31. The summed E-state index contributed by atoms with van der Waals surface area (Å²) in [5.41, 5.74) is 3.54. The standard InChI is InChI=1S/C36H37N2O7P/c39-46(40,41)32-21-38-31(26-42-22-27-13-5-1-6-14-27)33(43-23-28-15-7-2-8-16-28)34(44-24-29-17-9-3-10-18-29)35(36(38)37-32)45-25-30-19-11-4-12-20-30/h1-21,31,33-35H,22-26H2,(H2,39,40,41)/t31-,33-,34+,35+/m1/s1. The van der Waals surface area contributed by atoms with Crippen molar-refractivity contribution in [2.75, 3.05) is 6.61 Å². The van der Waals surface area contributed by atoms with Gasteiger partial charge in [0.2, 0.25) is 0 Å². The second-order valence-electron chi connectivity index (χ2n) is 11.2. The van der Waals surface area contributed by atoms with Crippen LogP contribution in [-0.4, -0.2) is 38.2 Å². The van der Waals surface area contributed by atoms with Crippen LogP contribution in [0, 0.1) is 0 Å². The first kappa shape index (κ1) is 32.0. The van der Waals surface area contributed by atoms with E-state index in [-0.39, 0.29) is 31.9 Å². The molecular formula is C36H37N2O7P. The van der Waals surface area contributed by atoms with Gasteiger partial charge in [-0.3, -0.25) is 4.57 Å². The fourth-order valence-corrected chi connectivity index (χ4v) is 6.11. The van der Waals surface area contributed by atoms with Gasteiger partial charge in [0.1, 0.15) is 24.1 Å². The predicted octanol–water partition coefficient (Wildman–Crippen LogP) is 5.89. The first-order chi connectivity index (χ1) is 22.5. The minimum absolute atomic E-state index is 0.176. The lowest BCUT2D eigenvalue weighted by molar-refractivity contribution is -0.188. The van der Waals surface area contributed by atoms with Gasteiger partial charge in [0.25, 0.3) is 0 Å². The molecule has 0 spiro atoms. The molecular weight excluding hydrogens is 603 g/mol. The maximum Gasteiger partial charge on any atom is 0.376 e. The molecule has 0 unspecified atom stereocenters. The van der Waals surface area contributed by atoms with E-state index >= 15 is 0 Å². The molecule has 0 fully saturated rings. The van der Waals surface area contributed by atoms with Gasteiger partial charge in [-0.05, 0) is 22.3 Å². The normalized spacial score (nSPS) is 19.5. The zero-order valence-electron chi connectivity index (χ0n) is 25.2. The number of ether oxygens (including phenoxy) is 4. The van der Waals surface area contributed by atoms with Crippen molar-refractivity contribution < 1.29 is 33.3 Å². The van der Waals surface area contributed by atoms with Crippen LogP contribution in [0.3, 0.4) is 0 Å². The van der Waals surface area contributed by atoms with E-state index < -0.39 is 31.9 Å². The lowest BCUT2D eigenvalue weighted by Gasteiger charge is -2.42. The minimum atomic E-state index is -4.70. The van der Waals surface area contributed by atoms with Crippen molar-refractivity contribution >= 4 is 13.0 Å². The molecule has 2 heterocycles. The molecule has 4 atom stereocenters. The lowest BCUT2D eigenvalue weighted by atomic mass is 9.95. The maximum absolute atomic E-state index is 12.5. The number of hydrogen-bond donors (Lipinski definition) is 2. The molecule has 0 radical (unpaired) electrons. The van der Waals surface area contributed by atoms with E-state index in [2.05, 4.69) is 4.98 Å². The van der Waals surface area contributed by atoms with Crippen molar-refractivity contribution in [3.8, 4) is 0 Å². The summed E-state index contributed by atoms with van der Waals surface area (Å²) in [7, 11) is -4.70. The molecule has 0 aliphatic carbocycles. The van der Waals surface area contributed by atoms with Crippen LogP contribution < -0.4 is 5.44 Å². The van der Waals surface area contributed by atoms with Gasteiger partial charge in [-0.25, -0.2) is 4.98 Å². The largest absolute Gasteiger partial charge is 0.376 e. The van der Waals surface area contributed by atoms with E-state index in [9.17, 15) is 14.4 Å². The average molecular weight is 641 g/mol. The first-order valence-electron chi connectivity index (χ1n) is 15.2. The highest BCUT2D eigenvalue weighted by molar-refractivity contribution is 7.60. The number of rotatable bonds is 14. The van der Waals surface area contributed by atoms with Gasteiger partial charge in [-0.1, -0.05) is 121 Å². The smallest absolute Gasteiger partial charge is 0.375 e. The summed E-state index contributed by atoms with van der Waals surface area (Å²) in [5, 5.41) is 0. The zero-order valence-corrected chi connectivity index (χ0v) is 26.1. The molecule has 1 aliphatic heterocycles. The lowest BCUT2D eigenvalue weighted by Crippen LogP contribution is -2.50. The monoisotopic (exact) mass is 640 g/mol. The quantitative estimate of drug-likeness (QED) is 0.145. The molecule has 10 heteroatoms. The topological polar surface area (TPSA) is 112 Å². The van der Waals surface area contributed by atoms with Crippen LogP contribution in [0.4, 0.5) is 0 Å². The van der Waals surface area contributed by atoms with E-state index in [0.29, 0.717) is 12.4 Å². The van der Waals surface area contributed by atoms with Gasteiger partial charge < -0.3 is 33.3 Å². The molecule has 1 aliphatic rings. The Morgan fingerprint density at radius 1 is 0.609 bits per heavy atom. The summed E-state index contributed by atoms with van der Waals surface area (Å²) < 4.78 is 40.4. The third-order valence-electron chi connectivity index (χ3n) is 7.90. The summed E-state index contributed by atoms with van der Waals surface area (Å²) in [6.07, 6.45) is -0.739. The number of benzene rings is 4. The molecule has 0 saturated carbocycles. The Bertz CT molecular complexity index is 1700. The SMILES string of the molecule is O=P(O)(O)c1cn2c(n1)[C@@H](OCc1ccccc1)[C@@H](OCc1ccccc1)[C@H](OCc1ccccc1)[C@H]2COCc1ccccc1. The molecule has 2 N–H and O–H groups in total. The molecule has 9 nitrogen and oxygen atoms in total. The van der Waals surface area contributed by atoms with Crippen LogP contribution in [0.25, 0.3) is 0 Å². The van der Waals surface area contributed by atoms with Crippen LogP contribution in [0.2, 0.25) is 0 Å². The van der Waals surface area contributed by atoms with Gasteiger partial charge in [-0.15, -0.1) is 0 Å². The zero-order chi connectivity index (χ0) is 31.8. The van der Waals surface area contributed by atoms with E-state index in [0.717, 1.165) is 22.3 Å². The Labute approximate surface area is 268 Å². The molecule has 0 bridgehead atoms. The van der Waals surface area contributed by atoms with Gasteiger partial charge in [0.15, 0.2) is 5.44 Å². The summed E-state index contributed by atoms with van der Waals surface area (Å²) in [6, 6.07) is 38.6. The summed E-state index contributed by atoms with van der Waals surface area (Å²) in [5.74, 6) is 0.347. The molecule has 4 aromatic carbocycles. The van der Waals surface area contributed by atoms with Crippen molar-refractivity contribution in [3.05, 3.63) is 156 Å². The molecule has 238 valence electrons. The van der Waals surface area contributed by atoms with Crippen LogP contribution in [0.15, 0.2) is 128 Å². The predicted molar refractivity (Wildman–Crippen MR) is 173 cm³/mol. The van der Waals surface area contributed by atoms with E-state index in [1.54, 1.807) is 4.57 Å². The Morgan fingerprint density at radius 3 is 1.52 bits per heavy atom. The first-order valence-corrected chi connectivity index (χ1v) is 16.8.